The van der Waals surface area contributed by atoms with Crippen LogP contribution in [0.5, 0.6) is 0 Å². The molecule has 42 heavy (non-hydrogen) atoms. The monoisotopic (exact) mass is 537 g/mol. The van der Waals surface area contributed by atoms with Crippen LogP contribution in [-0.4, -0.2) is 15.0 Å². The number of nitrogens with zero attached hydrogens (tertiary/aromatic N) is 3. The van der Waals surface area contributed by atoms with Crippen LogP contribution in [0.2, 0.25) is 0 Å². The van der Waals surface area contributed by atoms with Gasteiger partial charge in [-0.05, 0) is 88.0 Å². The summed E-state index contributed by atoms with van der Waals surface area (Å²) in [7, 11) is 0. The van der Waals surface area contributed by atoms with E-state index in [9.17, 15) is 0 Å². The molecule has 0 aliphatic rings. The van der Waals surface area contributed by atoms with E-state index in [2.05, 4.69) is 124 Å². The highest BCUT2D eigenvalue weighted by Gasteiger charge is 2.16. The van der Waals surface area contributed by atoms with Crippen molar-refractivity contribution in [3.8, 4) is 67.2 Å². The zero-order chi connectivity index (χ0) is 28.1. The number of hydrogen-bond donors (Lipinski definition) is 0. The standard InChI is InChI=1S/C39H27N3/c1-4-16-34(37-19-7-10-22-40-37)31(13-1)28-25-29(32-14-2-5-17-35(32)38-20-8-11-23-41-38)27-30(26-28)33-15-3-6-18-36(33)39-21-9-12-24-42-39/h1-27H. The van der Waals surface area contributed by atoms with Crippen LogP contribution in [0.15, 0.2) is 164 Å². The third-order valence-electron chi connectivity index (χ3n) is 7.47. The van der Waals surface area contributed by atoms with Crippen LogP contribution in [-0.2, 0) is 0 Å². The average molecular weight is 538 g/mol. The van der Waals surface area contributed by atoms with Gasteiger partial charge in [0.25, 0.3) is 0 Å². The summed E-state index contributed by atoms with van der Waals surface area (Å²) < 4.78 is 0. The highest BCUT2D eigenvalue weighted by molar-refractivity contribution is 5.93. The van der Waals surface area contributed by atoms with Crippen molar-refractivity contribution in [3.63, 3.8) is 0 Å². The number of benzene rings is 4. The van der Waals surface area contributed by atoms with Gasteiger partial charge in [-0.3, -0.25) is 15.0 Å². The van der Waals surface area contributed by atoms with Gasteiger partial charge in [0.05, 0.1) is 17.1 Å². The molecule has 198 valence electrons. The second kappa shape index (κ2) is 11.4. The number of hydrogen-bond acceptors (Lipinski definition) is 3. The maximum Gasteiger partial charge on any atom is 0.0708 e. The summed E-state index contributed by atoms with van der Waals surface area (Å²) in [6, 6.07) is 50.5. The Hall–Kier alpha value is -5.67. The molecule has 0 aliphatic carbocycles. The van der Waals surface area contributed by atoms with E-state index >= 15 is 0 Å². The second-order valence-corrected chi connectivity index (χ2v) is 10.1. The lowest BCUT2D eigenvalue weighted by molar-refractivity contribution is 1.32. The molecule has 0 atom stereocenters. The first-order valence-corrected chi connectivity index (χ1v) is 14.0. The van der Waals surface area contributed by atoms with Gasteiger partial charge in [0.1, 0.15) is 0 Å². The highest BCUT2D eigenvalue weighted by atomic mass is 14.7. The number of pyridine rings is 3. The van der Waals surface area contributed by atoms with E-state index < -0.39 is 0 Å². The lowest BCUT2D eigenvalue weighted by atomic mass is 9.87. The van der Waals surface area contributed by atoms with Crippen molar-refractivity contribution in [1.29, 1.82) is 0 Å². The van der Waals surface area contributed by atoms with Crippen LogP contribution >= 0.6 is 0 Å². The molecule has 0 unspecified atom stereocenters. The van der Waals surface area contributed by atoms with Crippen LogP contribution in [0, 0.1) is 0 Å². The molecule has 3 aromatic heterocycles. The van der Waals surface area contributed by atoms with Crippen molar-refractivity contribution in [1.82, 2.24) is 15.0 Å². The van der Waals surface area contributed by atoms with Crippen molar-refractivity contribution < 1.29 is 0 Å². The van der Waals surface area contributed by atoms with Crippen molar-refractivity contribution >= 4 is 0 Å². The fraction of sp³-hybridized carbons (Fsp3) is 0. The van der Waals surface area contributed by atoms with Crippen molar-refractivity contribution in [2.75, 3.05) is 0 Å². The van der Waals surface area contributed by atoms with E-state index in [1.54, 1.807) is 0 Å². The summed E-state index contributed by atoms with van der Waals surface area (Å²) in [5.41, 5.74) is 12.9. The van der Waals surface area contributed by atoms with E-state index in [4.69, 9.17) is 0 Å². The molecular weight excluding hydrogens is 510 g/mol. The molecule has 0 bridgehead atoms. The van der Waals surface area contributed by atoms with Gasteiger partial charge in [0.15, 0.2) is 0 Å². The SMILES string of the molecule is c1ccc(-c2ccccc2-c2cc(-c3ccccc3-c3ccccn3)cc(-c3ccccc3-c3ccccn3)c2)nc1. The molecule has 3 heteroatoms. The maximum absolute atomic E-state index is 4.69. The van der Waals surface area contributed by atoms with Gasteiger partial charge >= 0.3 is 0 Å². The van der Waals surface area contributed by atoms with Gasteiger partial charge in [-0.2, -0.15) is 0 Å². The first-order chi connectivity index (χ1) is 20.8. The first kappa shape index (κ1) is 25.3. The Morgan fingerprint density at radius 1 is 0.262 bits per heavy atom. The Labute approximate surface area is 245 Å². The minimum absolute atomic E-state index is 0.947. The van der Waals surface area contributed by atoms with E-state index in [-0.39, 0.29) is 0 Å². The molecule has 0 N–H and O–H groups in total. The topological polar surface area (TPSA) is 38.7 Å². The van der Waals surface area contributed by atoms with Crippen LogP contribution < -0.4 is 0 Å². The molecule has 0 saturated carbocycles. The lowest BCUT2D eigenvalue weighted by Gasteiger charge is -2.17. The third kappa shape index (κ3) is 5.00. The normalized spacial score (nSPS) is 10.9. The molecule has 0 spiro atoms. The van der Waals surface area contributed by atoms with Gasteiger partial charge in [-0.1, -0.05) is 91.0 Å². The number of rotatable bonds is 6. The molecule has 7 rings (SSSR count). The molecular formula is C39H27N3. The quantitative estimate of drug-likeness (QED) is 0.212. The summed E-state index contributed by atoms with van der Waals surface area (Å²) in [6.07, 6.45) is 5.54. The molecule has 3 heterocycles. The van der Waals surface area contributed by atoms with Crippen LogP contribution in [0.4, 0.5) is 0 Å². The smallest absolute Gasteiger partial charge is 0.0708 e. The van der Waals surface area contributed by atoms with Crippen LogP contribution in [0.25, 0.3) is 67.2 Å². The van der Waals surface area contributed by atoms with Crippen LogP contribution in [0.1, 0.15) is 0 Å². The predicted octanol–water partition coefficient (Wildman–Crippen LogP) is 9.87. The largest absolute Gasteiger partial charge is 0.256 e. The lowest BCUT2D eigenvalue weighted by Crippen LogP contribution is -1.93. The molecule has 3 nitrogen and oxygen atoms in total. The Balaban J connectivity index is 1.49. The Morgan fingerprint density at radius 2 is 0.524 bits per heavy atom. The summed E-state index contributed by atoms with van der Waals surface area (Å²) in [6.45, 7) is 0. The molecule has 4 aromatic carbocycles. The zero-order valence-electron chi connectivity index (χ0n) is 22.9. The van der Waals surface area contributed by atoms with Gasteiger partial charge in [-0.25, -0.2) is 0 Å². The molecule has 0 fully saturated rings. The predicted molar refractivity (Wildman–Crippen MR) is 172 cm³/mol. The summed E-state index contributed by atoms with van der Waals surface area (Å²) in [4.78, 5) is 14.1. The zero-order valence-corrected chi connectivity index (χ0v) is 22.9. The fourth-order valence-electron chi connectivity index (χ4n) is 5.53. The minimum atomic E-state index is 0.947. The Bertz CT molecular complexity index is 1720. The van der Waals surface area contributed by atoms with Gasteiger partial charge in [0.2, 0.25) is 0 Å². The molecule has 0 amide bonds. The van der Waals surface area contributed by atoms with E-state index in [1.165, 1.54) is 0 Å². The fourth-order valence-corrected chi connectivity index (χ4v) is 5.53. The Kier molecular flexibility index (Phi) is 6.89. The van der Waals surface area contributed by atoms with Gasteiger partial charge in [-0.15, -0.1) is 0 Å². The Morgan fingerprint density at radius 3 is 0.786 bits per heavy atom. The average Bonchev–Trinajstić information content (AvgIpc) is 3.09. The van der Waals surface area contributed by atoms with Crippen molar-refractivity contribution in [3.05, 3.63) is 164 Å². The molecule has 0 saturated heterocycles. The summed E-state index contributed by atoms with van der Waals surface area (Å²) >= 11 is 0. The summed E-state index contributed by atoms with van der Waals surface area (Å²) in [5.74, 6) is 0. The maximum atomic E-state index is 4.69. The molecule has 0 radical (unpaired) electrons. The van der Waals surface area contributed by atoms with Gasteiger partial charge in [0, 0.05) is 35.3 Å². The van der Waals surface area contributed by atoms with E-state index in [0.717, 1.165) is 67.2 Å². The first-order valence-electron chi connectivity index (χ1n) is 14.0. The highest BCUT2D eigenvalue weighted by Crippen LogP contribution is 2.41. The van der Waals surface area contributed by atoms with Gasteiger partial charge < -0.3 is 0 Å². The molecule has 7 aromatic rings. The molecule has 0 aliphatic heterocycles. The minimum Gasteiger partial charge on any atom is -0.256 e. The van der Waals surface area contributed by atoms with E-state index in [1.807, 2.05) is 55.0 Å². The van der Waals surface area contributed by atoms with Crippen molar-refractivity contribution in [2.45, 2.75) is 0 Å². The van der Waals surface area contributed by atoms with Crippen LogP contribution in [0.3, 0.4) is 0 Å². The van der Waals surface area contributed by atoms with Crippen molar-refractivity contribution in [2.24, 2.45) is 0 Å². The summed E-state index contributed by atoms with van der Waals surface area (Å²) in [5, 5.41) is 0. The second-order valence-electron chi connectivity index (χ2n) is 10.1. The third-order valence-corrected chi connectivity index (χ3v) is 7.47. The number of aromatic nitrogens is 3. The van der Waals surface area contributed by atoms with E-state index in [0.29, 0.717) is 0 Å².